The number of hydrazine groups is 1. The van der Waals surface area contributed by atoms with E-state index in [0.29, 0.717) is 6.04 Å². The Kier molecular flexibility index (Phi) is 4.31. The van der Waals surface area contributed by atoms with Crippen LogP contribution in [0.3, 0.4) is 0 Å². The molecule has 1 fully saturated rings. The van der Waals surface area contributed by atoms with Crippen LogP contribution in [0.1, 0.15) is 25.7 Å². The van der Waals surface area contributed by atoms with Crippen LogP contribution in [0.15, 0.2) is 0 Å². The average molecular weight is 175 g/mol. The standard InChI is InChI=1S/C7H18N3P/c8-9-7-4-2-1-3-5-10(11)6-7/h7,9H,1-6,8,11H2. The van der Waals surface area contributed by atoms with Gasteiger partial charge < -0.3 is 0 Å². The molecular formula is C7H18N3P. The van der Waals surface area contributed by atoms with Crippen molar-refractivity contribution >= 4 is 9.39 Å². The number of nitrogens with two attached hydrogens (primary N) is 1. The third kappa shape index (κ3) is 3.48. The van der Waals surface area contributed by atoms with E-state index in [2.05, 4.69) is 19.5 Å². The molecule has 0 aliphatic carbocycles. The summed E-state index contributed by atoms with van der Waals surface area (Å²) in [6.07, 6.45) is 5.18. The maximum Gasteiger partial charge on any atom is 0.0340 e. The molecule has 4 heteroatoms. The van der Waals surface area contributed by atoms with Crippen LogP contribution in [0.25, 0.3) is 0 Å². The van der Waals surface area contributed by atoms with Crippen LogP contribution in [-0.2, 0) is 0 Å². The Balaban J connectivity index is 2.29. The lowest BCUT2D eigenvalue weighted by atomic mass is 10.1. The van der Waals surface area contributed by atoms with E-state index in [1.165, 1.54) is 32.2 Å². The summed E-state index contributed by atoms with van der Waals surface area (Å²) in [6.45, 7) is 2.24. The normalized spacial score (nSPS) is 29.5. The van der Waals surface area contributed by atoms with Gasteiger partial charge in [0.2, 0.25) is 0 Å². The van der Waals surface area contributed by atoms with Crippen molar-refractivity contribution in [2.45, 2.75) is 31.7 Å². The van der Waals surface area contributed by atoms with E-state index in [4.69, 9.17) is 5.84 Å². The Labute approximate surface area is 70.9 Å². The fraction of sp³-hybridized carbons (Fsp3) is 1.00. The molecule has 1 aliphatic heterocycles. The molecule has 0 spiro atoms. The highest BCUT2D eigenvalue weighted by Crippen LogP contribution is 2.12. The van der Waals surface area contributed by atoms with Gasteiger partial charge in [-0.05, 0) is 12.8 Å². The first-order valence-electron chi connectivity index (χ1n) is 4.28. The van der Waals surface area contributed by atoms with Gasteiger partial charge in [-0.1, -0.05) is 22.2 Å². The summed E-state index contributed by atoms with van der Waals surface area (Å²) in [7, 11) is 2.75. The van der Waals surface area contributed by atoms with Crippen LogP contribution in [0.2, 0.25) is 0 Å². The summed E-state index contributed by atoms with van der Waals surface area (Å²) in [5, 5.41) is 0. The molecule has 0 aromatic rings. The second-order valence-corrected chi connectivity index (χ2v) is 3.94. The third-order valence-corrected chi connectivity index (χ3v) is 2.66. The lowest BCUT2D eigenvalue weighted by Crippen LogP contribution is -2.42. The first-order valence-corrected chi connectivity index (χ1v) is 4.80. The maximum atomic E-state index is 5.40. The Hall–Kier alpha value is 0.310. The molecule has 0 bridgehead atoms. The molecule has 66 valence electrons. The first kappa shape index (κ1) is 9.40. The zero-order valence-electron chi connectivity index (χ0n) is 6.92. The summed E-state index contributed by atoms with van der Waals surface area (Å²) in [6, 6.07) is 0.479. The summed E-state index contributed by atoms with van der Waals surface area (Å²) >= 11 is 0. The minimum atomic E-state index is 0.479. The fourth-order valence-corrected chi connectivity index (χ4v) is 1.92. The van der Waals surface area contributed by atoms with Gasteiger partial charge in [-0.3, -0.25) is 15.9 Å². The molecule has 11 heavy (non-hydrogen) atoms. The highest BCUT2D eigenvalue weighted by atomic mass is 31.0. The van der Waals surface area contributed by atoms with E-state index in [1.807, 2.05) is 0 Å². The van der Waals surface area contributed by atoms with Crippen molar-refractivity contribution in [3.8, 4) is 0 Å². The molecule has 1 heterocycles. The van der Waals surface area contributed by atoms with Crippen molar-refractivity contribution in [3.63, 3.8) is 0 Å². The number of nitrogens with one attached hydrogen (secondary N) is 1. The lowest BCUT2D eigenvalue weighted by Gasteiger charge is -2.25. The number of hydrogen-bond acceptors (Lipinski definition) is 3. The minimum absolute atomic E-state index is 0.479. The monoisotopic (exact) mass is 175 g/mol. The van der Waals surface area contributed by atoms with Crippen molar-refractivity contribution in [1.82, 2.24) is 10.1 Å². The van der Waals surface area contributed by atoms with E-state index in [-0.39, 0.29) is 0 Å². The molecule has 0 amide bonds. The predicted molar refractivity (Wildman–Crippen MR) is 50.9 cm³/mol. The molecule has 0 aromatic heterocycles. The third-order valence-electron chi connectivity index (χ3n) is 2.19. The highest BCUT2D eigenvalue weighted by molar-refractivity contribution is 7.13. The predicted octanol–water partition coefficient (Wildman–Crippen LogP) is 0.484. The molecule has 1 saturated heterocycles. The second kappa shape index (κ2) is 5.04. The molecule has 2 atom stereocenters. The van der Waals surface area contributed by atoms with E-state index in [0.717, 1.165) is 6.54 Å². The quantitative estimate of drug-likeness (QED) is 0.346. The van der Waals surface area contributed by atoms with E-state index < -0.39 is 0 Å². The van der Waals surface area contributed by atoms with Crippen molar-refractivity contribution < 1.29 is 0 Å². The molecular weight excluding hydrogens is 157 g/mol. The van der Waals surface area contributed by atoms with Crippen molar-refractivity contribution in [2.75, 3.05) is 13.1 Å². The van der Waals surface area contributed by atoms with Gasteiger partial charge in [0.1, 0.15) is 0 Å². The van der Waals surface area contributed by atoms with Gasteiger partial charge in [0, 0.05) is 19.1 Å². The van der Waals surface area contributed by atoms with E-state index in [9.17, 15) is 0 Å². The van der Waals surface area contributed by atoms with E-state index in [1.54, 1.807) is 0 Å². The van der Waals surface area contributed by atoms with Crippen LogP contribution in [0.5, 0.6) is 0 Å². The Morgan fingerprint density at radius 1 is 1.36 bits per heavy atom. The summed E-state index contributed by atoms with van der Waals surface area (Å²) in [4.78, 5) is 0. The van der Waals surface area contributed by atoms with Gasteiger partial charge in [0.25, 0.3) is 0 Å². The smallest absolute Gasteiger partial charge is 0.0340 e. The number of rotatable bonds is 1. The largest absolute Gasteiger partial charge is 0.286 e. The highest BCUT2D eigenvalue weighted by Gasteiger charge is 2.12. The van der Waals surface area contributed by atoms with Crippen molar-refractivity contribution in [2.24, 2.45) is 5.84 Å². The molecule has 3 N–H and O–H groups in total. The molecule has 1 aliphatic rings. The van der Waals surface area contributed by atoms with Crippen LogP contribution in [0.4, 0.5) is 0 Å². The van der Waals surface area contributed by atoms with Crippen molar-refractivity contribution in [3.05, 3.63) is 0 Å². The van der Waals surface area contributed by atoms with Gasteiger partial charge in [0.15, 0.2) is 0 Å². The summed E-state index contributed by atoms with van der Waals surface area (Å²) in [5.74, 6) is 5.40. The van der Waals surface area contributed by atoms with Crippen LogP contribution < -0.4 is 11.3 Å². The molecule has 0 saturated carbocycles. The number of nitrogens with zero attached hydrogens (tertiary/aromatic N) is 1. The average Bonchev–Trinajstić information content (AvgIpc) is 1.96. The maximum absolute atomic E-state index is 5.40. The van der Waals surface area contributed by atoms with Gasteiger partial charge in [-0.25, -0.2) is 0 Å². The molecule has 2 unspecified atom stereocenters. The van der Waals surface area contributed by atoms with Gasteiger partial charge in [0.05, 0.1) is 0 Å². The zero-order chi connectivity index (χ0) is 8.10. The Bertz CT molecular complexity index is 110. The molecule has 0 radical (unpaired) electrons. The first-order chi connectivity index (χ1) is 5.33. The SMILES string of the molecule is NNC1CCCCCN(P)C1. The van der Waals surface area contributed by atoms with Crippen LogP contribution in [0, 0.1) is 0 Å². The summed E-state index contributed by atoms with van der Waals surface area (Å²) in [5.41, 5.74) is 2.85. The van der Waals surface area contributed by atoms with E-state index >= 15 is 0 Å². The Morgan fingerprint density at radius 3 is 2.91 bits per heavy atom. The Morgan fingerprint density at radius 2 is 2.18 bits per heavy atom. The lowest BCUT2D eigenvalue weighted by molar-refractivity contribution is 0.329. The van der Waals surface area contributed by atoms with Gasteiger partial charge >= 0.3 is 0 Å². The number of hydrogen-bond donors (Lipinski definition) is 2. The van der Waals surface area contributed by atoms with Crippen LogP contribution in [-0.4, -0.2) is 23.8 Å². The zero-order valence-corrected chi connectivity index (χ0v) is 8.08. The van der Waals surface area contributed by atoms with Gasteiger partial charge in [-0.15, -0.1) is 0 Å². The molecule has 0 aromatic carbocycles. The fourth-order valence-electron chi connectivity index (χ4n) is 1.48. The minimum Gasteiger partial charge on any atom is -0.286 e. The molecule has 3 nitrogen and oxygen atoms in total. The second-order valence-electron chi connectivity index (χ2n) is 3.21. The van der Waals surface area contributed by atoms with Crippen LogP contribution >= 0.6 is 9.39 Å². The summed E-state index contributed by atoms with van der Waals surface area (Å²) < 4.78 is 2.27. The topological polar surface area (TPSA) is 41.3 Å². The molecule has 1 rings (SSSR count). The van der Waals surface area contributed by atoms with Gasteiger partial charge in [-0.2, -0.15) is 0 Å². The van der Waals surface area contributed by atoms with Crippen molar-refractivity contribution in [1.29, 1.82) is 0 Å².